The Labute approximate surface area is 225 Å². The molecule has 8 nitrogen and oxygen atoms in total. The number of halogens is 4. The molecule has 1 N–H and O–H groups in total. The van der Waals surface area contributed by atoms with Crippen LogP contribution in [0.1, 0.15) is 29.1 Å². The minimum absolute atomic E-state index is 0.162. The SMILES string of the molecule is Cc1nn(Cc2ccc(Cl)cc2)c(C)c1NC(=O)CCS(=O)(=O)c1nc(-c2cccs2)cc(C(F)(F)F)n1. The van der Waals surface area contributed by atoms with Gasteiger partial charge in [-0.15, -0.1) is 11.3 Å². The molecule has 1 aromatic carbocycles. The van der Waals surface area contributed by atoms with Crippen LogP contribution in [0, 0.1) is 13.8 Å². The number of benzene rings is 1. The van der Waals surface area contributed by atoms with Crippen LogP contribution in [0.25, 0.3) is 10.6 Å². The molecule has 14 heteroatoms. The summed E-state index contributed by atoms with van der Waals surface area (Å²) in [4.78, 5) is 20.1. The van der Waals surface area contributed by atoms with Crippen LogP contribution in [0.15, 0.2) is 53.0 Å². The van der Waals surface area contributed by atoms with E-state index in [0.29, 0.717) is 39.6 Å². The molecule has 0 saturated heterocycles. The molecular weight excluding hydrogens is 563 g/mol. The fraction of sp³-hybridized carbons (Fsp3) is 0.250. The summed E-state index contributed by atoms with van der Waals surface area (Å²) in [5.74, 6) is -1.42. The number of rotatable bonds is 8. The number of nitrogens with zero attached hydrogens (tertiary/aromatic N) is 4. The fourth-order valence-electron chi connectivity index (χ4n) is 3.57. The van der Waals surface area contributed by atoms with E-state index >= 15 is 0 Å². The van der Waals surface area contributed by atoms with Crippen molar-refractivity contribution in [1.29, 1.82) is 0 Å². The van der Waals surface area contributed by atoms with E-state index in [4.69, 9.17) is 11.6 Å². The lowest BCUT2D eigenvalue weighted by molar-refractivity contribution is -0.141. The smallest absolute Gasteiger partial charge is 0.323 e. The van der Waals surface area contributed by atoms with Crippen LogP contribution in [0.2, 0.25) is 5.02 Å². The molecule has 4 rings (SSSR count). The number of hydrogen-bond acceptors (Lipinski definition) is 7. The van der Waals surface area contributed by atoms with Gasteiger partial charge in [0.1, 0.15) is 5.69 Å². The van der Waals surface area contributed by atoms with Crippen molar-refractivity contribution in [1.82, 2.24) is 19.7 Å². The van der Waals surface area contributed by atoms with Gasteiger partial charge < -0.3 is 5.32 Å². The number of carbonyl (C=O) groups is 1. The van der Waals surface area contributed by atoms with Gasteiger partial charge in [0.15, 0.2) is 0 Å². The molecule has 0 saturated carbocycles. The molecule has 3 heterocycles. The normalized spacial score (nSPS) is 12.1. The highest BCUT2D eigenvalue weighted by atomic mass is 35.5. The molecule has 200 valence electrons. The lowest BCUT2D eigenvalue weighted by Gasteiger charge is -2.11. The zero-order valence-corrected chi connectivity index (χ0v) is 22.5. The quantitative estimate of drug-likeness (QED) is 0.273. The predicted molar refractivity (Wildman–Crippen MR) is 138 cm³/mol. The minimum Gasteiger partial charge on any atom is -0.323 e. The standard InChI is InChI=1S/C24H21ClF3N5O3S2/c1-14-22(15(2)33(32-14)13-16-5-7-17(25)8-6-16)31-21(34)9-11-38(35,36)23-29-18(19-4-3-10-37-19)12-20(30-23)24(26,27)28/h3-8,10,12H,9,11,13H2,1-2H3,(H,31,34). The Hall–Kier alpha value is -3.29. The van der Waals surface area contributed by atoms with E-state index in [1.165, 1.54) is 6.07 Å². The lowest BCUT2D eigenvalue weighted by Crippen LogP contribution is -2.21. The second kappa shape index (κ2) is 10.8. The first-order valence-corrected chi connectivity index (χ1v) is 14.1. The van der Waals surface area contributed by atoms with Gasteiger partial charge in [-0.3, -0.25) is 9.48 Å². The number of thiophene rings is 1. The number of aromatic nitrogens is 4. The average molecular weight is 584 g/mol. The largest absolute Gasteiger partial charge is 0.433 e. The number of aryl methyl sites for hydroxylation is 1. The summed E-state index contributed by atoms with van der Waals surface area (Å²) in [7, 11) is -4.41. The topological polar surface area (TPSA) is 107 Å². The number of nitrogens with one attached hydrogen (secondary N) is 1. The van der Waals surface area contributed by atoms with Gasteiger partial charge in [-0.05, 0) is 49.1 Å². The molecule has 0 aliphatic heterocycles. The maximum Gasteiger partial charge on any atom is 0.433 e. The first-order valence-electron chi connectivity index (χ1n) is 11.1. The van der Waals surface area contributed by atoms with E-state index in [0.717, 1.165) is 16.9 Å². The van der Waals surface area contributed by atoms with Crippen molar-refractivity contribution in [3.8, 4) is 10.6 Å². The molecule has 38 heavy (non-hydrogen) atoms. The molecule has 0 spiro atoms. The number of amides is 1. The van der Waals surface area contributed by atoms with Crippen molar-refractivity contribution in [3.63, 3.8) is 0 Å². The Kier molecular flexibility index (Phi) is 7.90. The summed E-state index contributed by atoms with van der Waals surface area (Å²) in [5.41, 5.74) is 0.997. The van der Waals surface area contributed by atoms with Gasteiger partial charge in [-0.25, -0.2) is 18.4 Å². The van der Waals surface area contributed by atoms with Gasteiger partial charge in [0.25, 0.3) is 0 Å². The van der Waals surface area contributed by atoms with Crippen molar-refractivity contribution in [2.24, 2.45) is 0 Å². The monoisotopic (exact) mass is 583 g/mol. The second-order valence-electron chi connectivity index (χ2n) is 8.34. The van der Waals surface area contributed by atoms with E-state index in [1.54, 1.807) is 42.1 Å². The van der Waals surface area contributed by atoms with Gasteiger partial charge in [-0.2, -0.15) is 18.3 Å². The first kappa shape index (κ1) is 27.7. The van der Waals surface area contributed by atoms with Gasteiger partial charge in [-0.1, -0.05) is 29.8 Å². The zero-order chi connectivity index (χ0) is 27.7. The molecule has 0 aliphatic carbocycles. The van der Waals surface area contributed by atoms with Crippen LogP contribution < -0.4 is 5.32 Å². The van der Waals surface area contributed by atoms with E-state index in [2.05, 4.69) is 20.4 Å². The van der Waals surface area contributed by atoms with Gasteiger partial charge in [0.05, 0.1) is 39.9 Å². The summed E-state index contributed by atoms with van der Waals surface area (Å²) >= 11 is 7.03. The highest BCUT2D eigenvalue weighted by Crippen LogP contribution is 2.32. The predicted octanol–water partition coefficient (Wildman–Crippen LogP) is 5.54. The Morgan fingerprint density at radius 1 is 1.13 bits per heavy atom. The van der Waals surface area contributed by atoms with Crippen LogP contribution in [0.3, 0.4) is 0 Å². The van der Waals surface area contributed by atoms with Crippen LogP contribution in [-0.2, 0) is 27.4 Å². The Morgan fingerprint density at radius 2 is 1.84 bits per heavy atom. The third-order valence-electron chi connectivity index (χ3n) is 5.54. The molecule has 0 atom stereocenters. The summed E-state index contributed by atoms with van der Waals surface area (Å²) in [5, 5.41) is 8.34. The Morgan fingerprint density at radius 3 is 2.47 bits per heavy atom. The molecule has 0 radical (unpaired) electrons. The second-order valence-corrected chi connectivity index (χ2v) is 11.7. The van der Waals surface area contributed by atoms with E-state index in [1.807, 2.05) is 12.1 Å². The molecule has 0 aliphatic rings. The van der Waals surface area contributed by atoms with Crippen LogP contribution in [-0.4, -0.2) is 39.8 Å². The van der Waals surface area contributed by atoms with Crippen molar-refractivity contribution < 1.29 is 26.4 Å². The van der Waals surface area contributed by atoms with Crippen molar-refractivity contribution in [2.75, 3.05) is 11.1 Å². The van der Waals surface area contributed by atoms with Crippen LogP contribution in [0.5, 0.6) is 0 Å². The molecule has 4 aromatic rings. The third kappa shape index (κ3) is 6.40. The molecule has 0 fully saturated rings. The summed E-state index contributed by atoms with van der Waals surface area (Å²) in [6.45, 7) is 3.87. The number of sulfone groups is 1. The van der Waals surface area contributed by atoms with Gasteiger partial charge in [0, 0.05) is 11.4 Å². The Bertz CT molecular complexity index is 1570. The van der Waals surface area contributed by atoms with Crippen molar-refractivity contribution in [3.05, 3.63) is 75.5 Å². The maximum atomic E-state index is 13.4. The minimum atomic E-state index is -4.88. The number of anilines is 1. The molecule has 3 aromatic heterocycles. The highest BCUT2D eigenvalue weighted by molar-refractivity contribution is 7.91. The van der Waals surface area contributed by atoms with E-state index in [-0.39, 0.29) is 5.69 Å². The maximum absolute atomic E-state index is 13.4. The molecule has 0 unspecified atom stereocenters. The number of hydrogen-bond donors (Lipinski definition) is 1. The first-order chi connectivity index (χ1) is 17.8. The number of alkyl halides is 3. The average Bonchev–Trinajstić information content (AvgIpc) is 3.48. The zero-order valence-electron chi connectivity index (χ0n) is 20.1. The Balaban J connectivity index is 1.49. The van der Waals surface area contributed by atoms with E-state index < -0.39 is 44.9 Å². The lowest BCUT2D eigenvalue weighted by atomic mass is 10.2. The highest BCUT2D eigenvalue weighted by Gasteiger charge is 2.35. The van der Waals surface area contributed by atoms with E-state index in [9.17, 15) is 26.4 Å². The summed E-state index contributed by atoms with van der Waals surface area (Å²) in [6, 6.07) is 11.0. The van der Waals surface area contributed by atoms with Crippen molar-refractivity contribution >= 4 is 44.4 Å². The third-order valence-corrected chi connectivity index (χ3v) is 8.16. The fourth-order valence-corrected chi connectivity index (χ4v) is 5.50. The summed E-state index contributed by atoms with van der Waals surface area (Å²) < 4.78 is 67.6. The molecule has 1 amide bonds. The van der Waals surface area contributed by atoms with Gasteiger partial charge >= 0.3 is 6.18 Å². The van der Waals surface area contributed by atoms with Gasteiger partial charge in [0.2, 0.25) is 20.9 Å². The number of carbonyl (C=O) groups excluding carboxylic acids is 1. The van der Waals surface area contributed by atoms with Crippen LogP contribution in [0.4, 0.5) is 18.9 Å². The summed E-state index contributed by atoms with van der Waals surface area (Å²) in [6.07, 6.45) is -5.39. The van der Waals surface area contributed by atoms with Crippen molar-refractivity contribution in [2.45, 2.75) is 38.1 Å². The molecule has 0 bridgehead atoms. The van der Waals surface area contributed by atoms with Crippen LogP contribution >= 0.6 is 22.9 Å². The molecular formula is C24H21ClF3N5O3S2.